The summed E-state index contributed by atoms with van der Waals surface area (Å²) in [6.07, 6.45) is -1.93. The first kappa shape index (κ1) is 14.2. The molecule has 20 heavy (non-hydrogen) atoms. The maximum atomic E-state index is 13.1. The highest BCUT2D eigenvalue weighted by atomic mass is 19.4. The molecule has 0 bridgehead atoms. The average molecular weight is 283 g/mol. The molecule has 0 amide bonds. The Morgan fingerprint density at radius 1 is 1.10 bits per heavy atom. The van der Waals surface area contributed by atoms with Crippen LogP contribution in [0.2, 0.25) is 0 Å². The van der Waals surface area contributed by atoms with Crippen molar-refractivity contribution in [2.45, 2.75) is 12.6 Å². The number of carbonyl (C=O) groups excluding carboxylic acids is 1. The van der Waals surface area contributed by atoms with Gasteiger partial charge < -0.3 is 0 Å². The zero-order valence-electron chi connectivity index (χ0n) is 10.1. The van der Waals surface area contributed by atoms with Gasteiger partial charge in [-0.2, -0.15) is 13.2 Å². The minimum Gasteiger partial charge on any atom is -0.294 e. The van der Waals surface area contributed by atoms with Crippen molar-refractivity contribution in [3.8, 4) is 0 Å². The molecular formula is C14H9F4NO. The first-order chi connectivity index (χ1) is 9.38. The van der Waals surface area contributed by atoms with E-state index in [9.17, 15) is 22.4 Å². The number of benzene rings is 1. The first-order valence-electron chi connectivity index (χ1n) is 5.67. The van der Waals surface area contributed by atoms with Gasteiger partial charge in [-0.05, 0) is 35.9 Å². The molecule has 6 heteroatoms. The van der Waals surface area contributed by atoms with Gasteiger partial charge in [-0.25, -0.2) is 4.39 Å². The fourth-order valence-corrected chi connectivity index (χ4v) is 1.70. The van der Waals surface area contributed by atoms with Gasteiger partial charge in [-0.3, -0.25) is 9.78 Å². The lowest BCUT2D eigenvalue weighted by Gasteiger charge is -2.09. The van der Waals surface area contributed by atoms with E-state index >= 15 is 0 Å². The Labute approximate surface area is 112 Å². The average Bonchev–Trinajstić information content (AvgIpc) is 2.39. The van der Waals surface area contributed by atoms with Gasteiger partial charge in [0.2, 0.25) is 0 Å². The van der Waals surface area contributed by atoms with E-state index in [2.05, 4.69) is 4.98 Å². The summed E-state index contributed by atoms with van der Waals surface area (Å²) in [6.45, 7) is 0. The Hall–Kier alpha value is -2.24. The minimum absolute atomic E-state index is 0.0640. The maximum Gasteiger partial charge on any atom is 0.419 e. The van der Waals surface area contributed by atoms with E-state index in [4.69, 9.17) is 0 Å². The predicted molar refractivity (Wildman–Crippen MR) is 63.7 cm³/mol. The van der Waals surface area contributed by atoms with Gasteiger partial charge in [0.15, 0.2) is 5.78 Å². The third kappa shape index (κ3) is 3.20. The van der Waals surface area contributed by atoms with Crippen LogP contribution in [0.1, 0.15) is 21.5 Å². The number of Topliss-reactive ketones (excluding diaryl/α,β-unsaturated/α-hetero) is 1. The molecule has 1 aromatic heterocycles. The molecule has 0 saturated heterocycles. The van der Waals surface area contributed by atoms with Crippen LogP contribution in [0.4, 0.5) is 17.6 Å². The van der Waals surface area contributed by atoms with Crippen molar-refractivity contribution < 1.29 is 22.4 Å². The number of rotatable bonds is 3. The molecule has 0 aliphatic heterocycles. The molecule has 0 fully saturated rings. The van der Waals surface area contributed by atoms with E-state index in [0.717, 1.165) is 6.07 Å². The second-order valence-electron chi connectivity index (χ2n) is 4.15. The summed E-state index contributed by atoms with van der Waals surface area (Å²) in [5.41, 5.74) is -0.975. The summed E-state index contributed by atoms with van der Waals surface area (Å²) >= 11 is 0. The van der Waals surface area contributed by atoms with E-state index in [1.165, 1.54) is 12.4 Å². The van der Waals surface area contributed by atoms with Gasteiger partial charge in [0, 0.05) is 24.4 Å². The van der Waals surface area contributed by atoms with Crippen LogP contribution in [0, 0.1) is 5.82 Å². The number of hydrogen-bond donors (Lipinski definition) is 0. The number of alkyl halides is 3. The highest BCUT2D eigenvalue weighted by Gasteiger charge is 2.34. The largest absolute Gasteiger partial charge is 0.419 e. The van der Waals surface area contributed by atoms with Gasteiger partial charge in [0.05, 0.1) is 5.56 Å². The molecule has 2 aromatic rings. The second kappa shape index (κ2) is 5.40. The fourth-order valence-electron chi connectivity index (χ4n) is 1.70. The molecule has 1 heterocycles. The Kier molecular flexibility index (Phi) is 3.83. The molecule has 0 spiro atoms. The number of hydrogen-bond acceptors (Lipinski definition) is 2. The smallest absolute Gasteiger partial charge is 0.294 e. The predicted octanol–water partition coefficient (Wildman–Crippen LogP) is 3.66. The van der Waals surface area contributed by atoms with Crippen molar-refractivity contribution >= 4 is 5.78 Å². The lowest BCUT2D eigenvalue weighted by molar-refractivity contribution is -0.140. The van der Waals surface area contributed by atoms with Crippen molar-refractivity contribution in [3.05, 3.63) is 65.2 Å². The molecule has 0 aliphatic rings. The molecule has 2 nitrogen and oxygen atoms in total. The van der Waals surface area contributed by atoms with Crippen molar-refractivity contribution in [1.29, 1.82) is 0 Å². The lowest BCUT2D eigenvalue weighted by Crippen LogP contribution is -2.11. The van der Waals surface area contributed by atoms with Crippen molar-refractivity contribution in [2.75, 3.05) is 0 Å². The van der Waals surface area contributed by atoms with Crippen LogP contribution in [0.5, 0.6) is 0 Å². The van der Waals surface area contributed by atoms with E-state index in [-0.39, 0.29) is 12.0 Å². The van der Waals surface area contributed by atoms with E-state index < -0.39 is 23.3 Å². The van der Waals surface area contributed by atoms with Gasteiger partial charge in [-0.1, -0.05) is 0 Å². The van der Waals surface area contributed by atoms with Gasteiger partial charge in [-0.15, -0.1) is 0 Å². The highest BCUT2D eigenvalue weighted by molar-refractivity contribution is 5.97. The first-order valence-corrected chi connectivity index (χ1v) is 5.67. The molecule has 0 N–H and O–H groups in total. The molecule has 0 radical (unpaired) electrons. The number of pyridine rings is 1. The number of carbonyl (C=O) groups is 1. The van der Waals surface area contributed by atoms with E-state index in [1.807, 2.05) is 0 Å². The summed E-state index contributed by atoms with van der Waals surface area (Å²) in [6, 6.07) is 5.42. The topological polar surface area (TPSA) is 30.0 Å². The number of ketones is 1. The van der Waals surface area contributed by atoms with Crippen molar-refractivity contribution in [2.24, 2.45) is 0 Å². The minimum atomic E-state index is -4.82. The normalized spacial score (nSPS) is 11.4. The molecule has 0 saturated carbocycles. The van der Waals surface area contributed by atoms with Crippen LogP contribution in [-0.4, -0.2) is 10.8 Å². The lowest BCUT2D eigenvalue weighted by atomic mass is 10.0. The summed E-state index contributed by atoms with van der Waals surface area (Å²) in [5, 5.41) is 0. The third-order valence-corrected chi connectivity index (χ3v) is 2.71. The summed E-state index contributed by atoms with van der Waals surface area (Å²) in [7, 11) is 0. The van der Waals surface area contributed by atoms with Crippen LogP contribution < -0.4 is 0 Å². The van der Waals surface area contributed by atoms with Crippen molar-refractivity contribution in [3.63, 3.8) is 0 Å². The number of halogens is 4. The molecular weight excluding hydrogens is 274 g/mol. The SMILES string of the molecule is O=C(Cc1ccncc1)c1ccc(F)c(C(F)(F)F)c1. The van der Waals surface area contributed by atoms with Crippen LogP contribution in [-0.2, 0) is 12.6 Å². The van der Waals surface area contributed by atoms with Crippen molar-refractivity contribution in [1.82, 2.24) is 4.98 Å². The van der Waals surface area contributed by atoms with E-state index in [0.29, 0.717) is 17.7 Å². The standard InChI is InChI=1S/C14H9F4NO/c15-12-2-1-10(8-11(12)14(16,17)18)13(20)7-9-3-5-19-6-4-9/h1-6,8H,7H2. The summed E-state index contributed by atoms with van der Waals surface area (Å²) in [5.74, 6) is -1.90. The van der Waals surface area contributed by atoms with Gasteiger partial charge in [0.25, 0.3) is 0 Å². The molecule has 2 rings (SSSR count). The monoisotopic (exact) mass is 283 g/mol. The van der Waals surface area contributed by atoms with Crippen LogP contribution >= 0.6 is 0 Å². The Morgan fingerprint density at radius 2 is 1.75 bits per heavy atom. The number of aromatic nitrogens is 1. The number of nitrogens with zero attached hydrogens (tertiary/aromatic N) is 1. The summed E-state index contributed by atoms with van der Waals surface area (Å²) < 4.78 is 50.8. The zero-order valence-corrected chi connectivity index (χ0v) is 10.1. The maximum absolute atomic E-state index is 13.1. The Bertz CT molecular complexity index is 623. The second-order valence-corrected chi connectivity index (χ2v) is 4.15. The third-order valence-electron chi connectivity index (χ3n) is 2.71. The van der Waals surface area contributed by atoms with E-state index in [1.54, 1.807) is 12.1 Å². The van der Waals surface area contributed by atoms with Crippen LogP contribution in [0.15, 0.2) is 42.7 Å². The Balaban J connectivity index is 2.27. The molecule has 104 valence electrons. The van der Waals surface area contributed by atoms with Gasteiger partial charge >= 0.3 is 6.18 Å². The Morgan fingerprint density at radius 3 is 2.35 bits per heavy atom. The fraction of sp³-hybridized carbons (Fsp3) is 0.143. The molecule has 0 aliphatic carbocycles. The van der Waals surface area contributed by atoms with Crippen LogP contribution in [0.25, 0.3) is 0 Å². The highest BCUT2D eigenvalue weighted by Crippen LogP contribution is 2.32. The van der Waals surface area contributed by atoms with Crippen LogP contribution in [0.3, 0.4) is 0 Å². The summed E-state index contributed by atoms with van der Waals surface area (Å²) in [4.78, 5) is 15.7. The molecule has 0 unspecified atom stereocenters. The zero-order chi connectivity index (χ0) is 14.8. The molecule has 1 aromatic carbocycles. The van der Waals surface area contributed by atoms with Gasteiger partial charge in [0.1, 0.15) is 5.82 Å². The molecule has 0 atom stereocenters. The quantitative estimate of drug-likeness (QED) is 0.635.